The molecule has 1 fully saturated rings. The third kappa shape index (κ3) is 7.48. The summed E-state index contributed by atoms with van der Waals surface area (Å²) in [5, 5.41) is 9.03. The number of benzene rings is 2. The van der Waals surface area contributed by atoms with Gasteiger partial charge in [-0.05, 0) is 67.1 Å². The summed E-state index contributed by atoms with van der Waals surface area (Å²) in [5.74, 6) is 0.290. The van der Waals surface area contributed by atoms with Crippen molar-refractivity contribution in [2.24, 2.45) is 11.7 Å². The molecule has 1 heterocycles. The molecule has 1 saturated heterocycles. The lowest BCUT2D eigenvalue weighted by molar-refractivity contribution is 0.114. The van der Waals surface area contributed by atoms with Gasteiger partial charge in [-0.2, -0.15) is 5.26 Å². The molecule has 178 valence electrons. The fourth-order valence-corrected chi connectivity index (χ4v) is 4.44. The van der Waals surface area contributed by atoms with Crippen LogP contribution in [0.2, 0.25) is 0 Å². The first kappa shape index (κ1) is 25.1. The molecule has 4 nitrogen and oxygen atoms in total. The molecule has 0 aromatic heterocycles. The summed E-state index contributed by atoms with van der Waals surface area (Å²) in [4.78, 5) is 2.42. The number of alkyl halides is 2. The quantitative estimate of drug-likeness (QED) is 0.574. The molecular formula is C26H32F3N3O. The highest BCUT2D eigenvalue weighted by Crippen LogP contribution is 2.33. The van der Waals surface area contributed by atoms with Crippen molar-refractivity contribution in [3.8, 4) is 22.9 Å². The summed E-state index contributed by atoms with van der Waals surface area (Å²) in [5.41, 5.74) is 8.39. The summed E-state index contributed by atoms with van der Waals surface area (Å²) < 4.78 is 45.1. The van der Waals surface area contributed by atoms with Crippen LogP contribution in [0.4, 0.5) is 13.2 Å². The SMILES string of the molecule is C[C@@H]1CC(N)CCCCN(Cc2ccc(OCCC(F)F)c(-c3ccc(C#N)c(F)c3)c2)C1. The average Bonchev–Trinajstić information content (AvgIpc) is 2.84. The van der Waals surface area contributed by atoms with Gasteiger partial charge in [-0.25, -0.2) is 13.2 Å². The van der Waals surface area contributed by atoms with Crippen LogP contribution >= 0.6 is 0 Å². The number of nitrogens with two attached hydrogens (primary N) is 1. The maximum Gasteiger partial charge on any atom is 0.241 e. The highest BCUT2D eigenvalue weighted by Gasteiger charge is 2.18. The van der Waals surface area contributed by atoms with Crippen molar-refractivity contribution >= 4 is 0 Å². The van der Waals surface area contributed by atoms with Crippen molar-refractivity contribution in [2.45, 2.75) is 58.0 Å². The van der Waals surface area contributed by atoms with E-state index in [0.29, 0.717) is 22.8 Å². The third-order valence-corrected chi connectivity index (χ3v) is 6.02. The van der Waals surface area contributed by atoms with E-state index in [9.17, 15) is 13.2 Å². The summed E-state index contributed by atoms with van der Waals surface area (Å²) in [7, 11) is 0. The Kier molecular flexibility index (Phi) is 9.16. The number of hydrogen-bond acceptors (Lipinski definition) is 4. The first-order valence-corrected chi connectivity index (χ1v) is 11.6. The van der Waals surface area contributed by atoms with E-state index in [1.54, 1.807) is 12.1 Å². The van der Waals surface area contributed by atoms with E-state index < -0.39 is 12.2 Å². The van der Waals surface area contributed by atoms with Crippen LogP contribution in [0.5, 0.6) is 5.75 Å². The molecule has 1 aliphatic rings. The second kappa shape index (κ2) is 12.1. The maximum absolute atomic E-state index is 14.3. The van der Waals surface area contributed by atoms with Crippen LogP contribution in [0.3, 0.4) is 0 Å². The molecule has 2 N–H and O–H groups in total. The van der Waals surface area contributed by atoms with E-state index in [0.717, 1.165) is 50.9 Å². The fraction of sp³-hybridized carbons (Fsp3) is 0.500. The van der Waals surface area contributed by atoms with Crippen LogP contribution in [0.25, 0.3) is 11.1 Å². The largest absolute Gasteiger partial charge is 0.493 e. The van der Waals surface area contributed by atoms with Crippen molar-refractivity contribution in [3.05, 3.63) is 53.3 Å². The van der Waals surface area contributed by atoms with Crippen molar-refractivity contribution < 1.29 is 17.9 Å². The summed E-state index contributed by atoms with van der Waals surface area (Å²) in [6, 6.07) is 12.1. The molecule has 2 aromatic rings. The Morgan fingerprint density at radius 3 is 2.76 bits per heavy atom. The molecule has 1 unspecified atom stereocenters. The molecule has 1 aliphatic heterocycles. The number of hydrogen-bond donors (Lipinski definition) is 1. The Morgan fingerprint density at radius 1 is 1.21 bits per heavy atom. The minimum atomic E-state index is -2.45. The fourth-order valence-electron chi connectivity index (χ4n) is 4.44. The predicted octanol–water partition coefficient (Wildman–Crippen LogP) is 5.74. The van der Waals surface area contributed by atoms with Crippen molar-refractivity contribution in [2.75, 3.05) is 19.7 Å². The number of ether oxygens (including phenoxy) is 1. The van der Waals surface area contributed by atoms with Gasteiger partial charge < -0.3 is 10.5 Å². The maximum atomic E-state index is 14.3. The van der Waals surface area contributed by atoms with Crippen LogP contribution in [0.1, 0.15) is 50.2 Å². The van der Waals surface area contributed by atoms with Crippen LogP contribution in [-0.4, -0.2) is 37.1 Å². The second-order valence-electron chi connectivity index (χ2n) is 9.00. The standard InChI is InChI=1S/C26H32F3N3O/c1-18-12-22(31)4-2-3-10-32(16-18)17-19-5-8-25(33-11-9-26(28)29)23(13-19)20-6-7-21(15-30)24(27)14-20/h5-8,13-14,18,22,26H,2-4,9-12,16-17,31H2,1H3/t18-,22?/m1/s1. The number of nitriles is 1. The van der Waals surface area contributed by atoms with E-state index in [1.807, 2.05) is 18.2 Å². The smallest absolute Gasteiger partial charge is 0.241 e. The van der Waals surface area contributed by atoms with Gasteiger partial charge in [0.15, 0.2) is 0 Å². The highest BCUT2D eigenvalue weighted by molar-refractivity contribution is 5.72. The van der Waals surface area contributed by atoms with E-state index in [1.165, 1.54) is 12.1 Å². The van der Waals surface area contributed by atoms with Gasteiger partial charge in [-0.15, -0.1) is 0 Å². The van der Waals surface area contributed by atoms with Crippen LogP contribution in [-0.2, 0) is 6.54 Å². The molecule has 0 aliphatic carbocycles. The van der Waals surface area contributed by atoms with Gasteiger partial charge in [0.1, 0.15) is 17.6 Å². The summed E-state index contributed by atoms with van der Waals surface area (Å²) in [6.45, 7) is 4.74. The van der Waals surface area contributed by atoms with Gasteiger partial charge in [-0.3, -0.25) is 4.90 Å². The molecular weight excluding hydrogens is 427 g/mol. The zero-order chi connectivity index (χ0) is 23.8. The lowest BCUT2D eigenvalue weighted by Crippen LogP contribution is -2.30. The molecule has 0 radical (unpaired) electrons. The monoisotopic (exact) mass is 459 g/mol. The first-order chi connectivity index (χ1) is 15.9. The zero-order valence-corrected chi connectivity index (χ0v) is 19.1. The Morgan fingerprint density at radius 2 is 2.03 bits per heavy atom. The molecule has 0 bridgehead atoms. The molecule has 33 heavy (non-hydrogen) atoms. The molecule has 3 rings (SSSR count). The zero-order valence-electron chi connectivity index (χ0n) is 19.1. The Balaban J connectivity index is 1.86. The van der Waals surface area contributed by atoms with Crippen LogP contribution < -0.4 is 10.5 Å². The lowest BCUT2D eigenvalue weighted by atomic mass is 9.98. The Labute approximate surface area is 194 Å². The van der Waals surface area contributed by atoms with Gasteiger partial charge >= 0.3 is 0 Å². The molecule has 7 heteroatoms. The second-order valence-corrected chi connectivity index (χ2v) is 9.00. The minimum Gasteiger partial charge on any atom is -0.493 e. The predicted molar refractivity (Wildman–Crippen MR) is 124 cm³/mol. The topological polar surface area (TPSA) is 62.3 Å². The molecule has 0 spiro atoms. The van der Waals surface area contributed by atoms with Crippen molar-refractivity contribution in [3.63, 3.8) is 0 Å². The van der Waals surface area contributed by atoms with Gasteiger partial charge in [0.2, 0.25) is 6.43 Å². The molecule has 2 atom stereocenters. The number of nitrogens with zero attached hydrogens (tertiary/aromatic N) is 2. The van der Waals surface area contributed by atoms with Gasteiger partial charge in [0, 0.05) is 31.1 Å². The van der Waals surface area contributed by atoms with E-state index in [4.69, 9.17) is 15.7 Å². The lowest BCUT2D eigenvalue weighted by Gasteiger charge is -2.26. The van der Waals surface area contributed by atoms with E-state index in [2.05, 4.69) is 11.8 Å². The Hall–Kier alpha value is -2.56. The van der Waals surface area contributed by atoms with Gasteiger partial charge in [-0.1, -0.05) is 25.5 Å². The third-order valence-electron chi connectivity index (χ3n) is 6.02. The summed E-state index contributed by atoms with van der Waals surface area (Å²) in [6.07, 6.45) is 1.42. The van der Waals surface area contributed by atoms with E-state index in [-0.39, 0.29) is 24.6 Å². The molecule has 2 aromatic carbocycles. The van der Waals surface area contributed by atoms with E-state index >= 15 is 0 Å². The minimum absolute atomic E-state index is 0.0426. The van der Waals surface area contributed by atoms with Crippen molar-refractivity contribution in [1.29, 1.82) is 5.26 Å². The first-order valence-electron chi connectivity index (χ1n) is 11.6. The van der Waals surface area contributed by atoms with Crippen LogP contribution in [0, 0.1) is 23.1 Å². The molecule has 0 amide bonds. The normalized spacial score (nSPS) is 20.0. The average molecular weight is 460 g/mol. The molecule has 0 saturated carbocycles. The highest BCUT2D eigenvalue weighted by atomic mass is 19.3. The van der Waals surface area contributed by atoms with Gasteiger partial charge in [0.05, 0.1) is 12.2 Å². The van der Waals surface area contributed by atoms with Gasteiger partial charge in [0.25, 0.3) is 0 Å². The summed E-state index contributed by atoms with van der Waals surface area (Å²) >= 11 is 0. The van der Waals surface area contributed by atoms with Crippen molar-refractivity contribution in [1.82, 2.24) is 4.90 Å². The number of halogens is 3. The number of rotatable bonds is 7. The van der Waals surface area contributed by atoms with Crippen LogP contribution in [0.15, 0.2) is 36.4 Å². The Bertz CT molecular complexity index is 960.